The molecule has 0 aliphatic carbocycles. The maximum Gasteiger partial charge on any atom is 1.00 e. The van der Waals surface area contributed by atoms with Crippen LogP contribution in [0.15, 0.2) is 30.3 Å². The van der Waals surface area contributed by atoms with Crippen molar-refractivity contribution >= 4 is 5.69 Å². The molecule has 0 unspecified atom stereocenters. The number of aliphatic hydroxyl groups is 1. The zero-order chi connectivity index (χ0) is 7.82. The number of benzene rings is 1. The second-order valence-corrected chi connectivity index (χ2v) is 1.56. The topological polar surface area (TPSA) is 34.3 Å². The van der Waals surface area contributed by atoms with Gasteiger partial charge in [-0.15, -0.1) is 12.7 Å². The van der Waals surface area contributed by atoms with Gasteiger partial charge in [-0.1, -0.05) is 30.3 Å². The second kappa shape index (κ2) is 10.6. The Morgan fingerprint density at radius 3 is 1.82 bits per heavy atom. The van der Waals surface area contributed by atoms with Crippen LogP contribution in [0.5, 0.6) is 0 Å². The Balaban J connectivity index is 0. The minimum absolute atomic E-state index is 0. The second-order valence-electron chi connectivity index (χ2n) is 1.56. The van der Waals surface area contributed by atoms with Crippen molar-refractivity contribution in [2.75, 3.05) is 14.2 Å². The van der Waals surface area contributed by atoms with Gasteiger partial charge in [0.2, 0.25) is 0 Å². The van der Waals surface area contributed by atoms with Gasteiger partial charge in [0.25, 0.3) is 0 Å². The Kier molecular flexibility index (Phi) is 13.7. The van der Waals surface area contributed by atoms with Crippen molar-refractivity contribution in [2.45, 2.75) is 0 Å². The van der Waals surface area contributed by atoms with Crippen LogP contribution in [0.1, 0.15) is 0 Å². The number of rotatable bonds is 1. The average Bonchev–Trinajstić information content (AvgIpc) is 2.10. The van der Waals surface area contributed by atoms with E-state index in [2.05, 4.69) is 5.32 Å². The van der Waals surface area contributed by atoms with E-state index in [1.54, 1.807) is 7.05 Å². The number of aliphatic hydroxyl groups excluding tert-OH is 1. The summed E-state index contributed by atoms with van der Waals surface area (Å²) in [6, 6.07) is 9.87. The molecule has 0 aliphatic heterocycles. The number of nitrogens with zero attached hydrogens (tertiary/aromatic N) is 1. The van der Waals surface area contributed by atoms with Crippen molar-refractivity contribution in [1.82, 2.24) is 0 Å². The predicted octanol–water partition coefficient (Wildman–Crippen LogP) is -1.07. The summed E-state index contributed by atoms with van der Waals surface area (Å²) in [5, 5.41) is 11.0. The van der Waals surface area contributed by atoms with Crippen LogP contribution in [0.3, 0.4) is 0 Å². The minimum atomic E-state index is 0. The van der Waals surface area contributed by atoms with Crippen LogP contribution in [-0.2, 0) is 0 Å². The van der Waals surface area contributed by atoms with E-state index in [0.29, 0.717) is 0 Å². The van der Waals surface area contributed by atoms with E-state index >= 15 is 0 Å². The molecule has 1 aromatic rings. The molecule has 1 N–H and O–H groups in total. The number of hydrogen-bond donors (Lipinski definition) is 1. The van der Waals surface area contributed by atoms with Crippen molar-refractivity contribution in [1.29, 1.82) is 0 Å². The Bertz CT molecular complexity index is 155. The first-order chi connectivity index (χ1) is 4.93. The third kappa shape index (κ3) is 6.99. The molecule has 0 radical (unpaired) electrons. The maximum atomic E-state index is 7.00. The third-order valence-corrected chi connectivity index (χ3v) is 1.01. The Labute approximate surface area is 110 Å². The predicted molar refractivity (Wildman–Crippen MR) is 43.5 cm³/mol. The van der Waals surface area contributed by atoms with Crippen LogP contribution in [0.4, 0.5) is 5.69 Å². The standard InChI is InChI=1S/C7H8N.CH4O.K/c1-8-7-5-3-2-4-6-7;1-2;/h2-6H,1H3;2H,1H3;/q-1;;+1. The quantitative estimate of drug-likeness (QED) is 0.545. The van der Waals surface area contributed by atoms with Crippen molar-refractivity contribution in [3.8, 4) is 0 Å². The molecule has 0 spiro atoms. The van der Waals surface area contributed by atoms with Crippen LogP contribution in [0, 0.1) is 0 Å². The summed E-state index contributed by atoms with van der Waals surface area (Å²) in [4.78, 5) is 0. The van der Waals surface area contributed by atoms with Crippen LogP contribution < -0.4 is 51.4 Å². The van der Waals surface area contributed by atoms with E-state index in [1.807, 2.05) is 30.3 Å². The van der Waals surface area contributed by atoms with Gasteiger partial charge in [-0.2, -0.15) is 0 Å². The Morgan fingerprint density at radius 1 is 1.09 bits per heavy atom. The summed E-state index contributed by atoms with van der Waals surface area (Å²) in [6.07, 6.45) is 0. The van der Waals surface area contributed by atoms with Gasteiger partial charge in [0, 0.05) is 7.11 Å². The van der Waals surface area contributed by atoms with E-state index in [-0.39, 0.29) is 51.4 Å². The summed E-state index contributed by atoms with van der Waals surface area (Å²) < 4.78 is 0. The molecular weight excluding hydrogens is 165 g/mol. The fourth-order valence-electron chi connectivity index (χ4n) is 0.577. The van der Waals surface area contributed by atoms with Gasteiger partial charge in [-0.25, -0.2) is 0 Å². The largest absolute Gasteiger partial charge is 1.00 e. The van der Waals surface area contributed by atoms with Crippen molar-refractivity contribution in [3.63, 3.8) is 0 Å². The van der Waals surface area contributed by atoms with E-state index in [4.69, 9.17) is 5.11 Å². The zero-order valence-electron chi connectivity index (χ0n) is 7.28. The van der Waals surface area contributed by atoms with Gasteiger partial charge in [0.1, 0.15) is 0 Å². The van der Waals surface area contributed by atoms with E-state index in [9.17, 15) is 0 Å². The molecule has 0 atom stereocenters. The third-order valence-electron chi connectivity index (χ3n) is 1.01. The van der Waals surface area contributed by atoms with Gasteiger partial charge >= 0.3 is 51.4 Å². The molecule has 0 aromatic heterocycles. The monoisotopic (exact) mass is 177 g/mol. The smallest absolute Gasteiger partial charge is 0.687 e. The number of para-hydroxylation sites is 1. The van der Waals surface area contributed by atoms with Gasteiger partial charge in [-0.05, 0) is 0 Å². The molecule has 0 aliphatic rings. The van der Waals surface area contributed by atoms with Crippen LogP contribution >= 0.6 is 0 Å². The summed E-state index contributed by atoms with van der Waals surface area (Å²) in [7, 11) is 2.79. The first kappa shape index (κ1) is 14.2. The van der Waals surface area contributed by atoms with Gasteiger partial charge in [0.05, 0.1) is 0 Å². The molecule has 0 heterocycles. The van der Waals surface area contributed by atoms with Gasteiger partial charge < -0.3 is 10.4 Å². The fourth-order valence-corrected chi connectivity index (χ4v) is 0.577. The molecule has 3 heteroatoms. The van der Waals surface area contributed by atoms with Crippen molar-refractivity contribution < 1.29 is 56.5 Å². The summed E-state index contributed by atoms with van der Waals surface area (Å²) in [6.45, 7) is 0. The number of hydrogen-bond acceptors (Lipinski definition) is 1. The average molecular weight is 177 g/mol. The summed E-state index contributed by atoms with van der Waals surface area (Å²) >= 11 is 0. The SMILES string of the molecule is CO.C[N-]c1ccccc1.[K+]. The van der Waals surface area contributed by atoms with E-state index in [0.717, 1.165) is 12.8 Å². The van der Waals surface area contributed by atoms with Gasteiger partial charge in [0.15, 0.2) is 0 Å². The fraction of sp³-hybridized carbons (Fsp3) is 0.250. The summed E-state index contributed by atoms with van der Waals surface area (Å²) in [5.41, 5.74) is 1.03. The van der Waals surface area contributed by atoms with Gasteiger partial charge in [-0.3, -0.25) is 0 Å². The molecule has 56 valence electrons. The molecule has 0 saturated carbocycles. The normalized spacial score (nSPS) is 6.82. The van der Waals surface area contributed by atoms with E-state index in [1.165, 1.54) is 0 Å². The minimum Gasteiger partial charge on any atom is -0.687 e. The molecule has 11 heavy (non-hydrogen) atoms. The molecule has 2 nitrogen and oxygen atoms in total. The van der Waals surface area contributed by atoms with Crippen LogP contribution in [-0.4, -0.2) is 19.3 Å². The molecule has 1 rings (SSSR count). The first-order valence-corrected chi connectivity index (χ1v) is 3.03. The zero-order valence-corrected chi connectivity index (χ0v) is 10.4. The molecule has 0 bridgehead atoms. The molecular formula is C8H12KNO. The molecule has 0 amide bonds. The van der Waals surface area contributed by atoms with Crippen molar-refractivity contribution in [3.05, 3.63) is 35.6 Å². The van der Waals surface area contributed by atoms with Crippen LogP contribution in [0.2, 0.25) is 0 Å². The molecule has 0 fully saturated rings. The Hall–Kier alpha value is 0.616. The first-order valence-electron chi connectivity index (χ1n) is 3.03. The van der Waals surface area contributed by atoms with Crippen molar-refractivity contribution in [2.24, 2.45) is 0 Å². The molecule has 1 aromatic carbocycles. The maximum absolute atomic E-state index is 7.00. The Morgan fingerprint density at radius 2 is 1.55 bits per heavy atom. The molecule has 0 saturated heterocycles. The van der Waals surface area contributed by atoms with E-state index < -0.39 is 0 Å². The van der Waals surface area contributed by atoms with Crippen LogP contribution in [0.25, 0.3) is 5.32 Å². The summed E-state index contributed by atoms with van der Waals surface area (Å²) in [5.74, 6) is 0.